The molecule has 0 bridgehead atoms. The molecule has 3 unspecified atom stereocenters. The standard InChI is InChI=1S/C37H56N2O10/c1-3-4-5-8-11-14-28(40)15-12-9-6-7-10-13-16-31(37(48,36(46)47)26-33(41)42)34(43)38-32(35(44)45)25-27-17-19-29(20-18-27)49-30-21-23-39(2)24-22-30/h13,16-20,30-32,48H,3-12,14-15,21-26H2,1-2H3,(H,38,43)(H,41,42)(H,44,45)(H,46,47)/b16-13+. The molecule has 0 radical (unpaired) electrons. The zero-order valence-corrected chi connectivity index (χ0v) is 29.1. The van der Waals surface area contributed by atoms with Gasteiger partial charge in [0.15, 0.2) is 5.60 Å². The van der Waals surface area contributed by atoms with E-state index in [-0.39, 0.29) is 18.3 Å². The van der Waals surface area contributed by atoms with Crippen molar-refractivity contribution in [2.45, 2.75) is 127 Å². The molecule has 49 heavy (non-hydrogen) atoms. The van der Waals surface area contributed by atoms with Crippen LogP contribution in [0.3, 0.4) is 0 Å². The Labute approximate surface area is 289 Å². The smallest absolute Gasteiger partial charge is 0.337 e. The second kappa shape index (κ2) is 22.0. The summed E-state index contributed by atoms with van der Waals surface area (Å²) >= 11 is 0. The van der Waals surface area contributed by atoms with Crippen LogP contribution in [0, 0.1) is 5.92 Å². The van der Waals surface area contributed by atoms with Crippen LogP contribution in [0.5, 0.6) is 5.75 Å². The summed E-state index contributed by atoms with van der Waals surface area (Å²) in [5.74, 6) is -7.01. The predicted molar refractivity (Wildman–Crippen MR) is 184 cm³/mol. The maximum Gasteiger partial charge on any atom is 0.337 e. The van der Waals surface area contributed by atoms with E-state index < -0.39 is 47.8 Å². The Morgan fingerprint density at radius 3 is 2.06 bits per heavy atom. The van der Waals surface area contributed by atoms with Gasteiger partial charge in [0, 0.05) is 32.4 Å². The van der Waals surface area contributed by atoms with Crippen molar-refractivity contribution in [3.05, 3.63) is 42.0 Å². The molecule has 1 fully saturated rings. The number of hydrogen-bond acceptors (Lipinski definition) is 8. The van der Waals surface area contributed by atoms with Crippen LogP contribution in [-0.2, 0) is 30.4 Å². The summed E-state index contributed by atoms with van der Waals surface area (Å²) in [5.41, 5.74) is -2.44. The van der Waals surface area contributed by atoms with Crippen molar-refractivity contribution in [2.75, 3.05) is 20.1 Å². The van der Waals surface area contributed by atoms with Crippen LogP contribution in [0.25, 0.3) is 0 Å². The van der Waals surface area contributed by atoms with E-state index in [0.717, 1.165) is 77.0 Å². The second-order valence-corrected chi connectivity index (χ2v) is 13.2. The summed E-state index contributed by atoms with van der Waals surface area (Å²) in [6.45, 7) is 4.02. The SMILES string of the molecule is CCCCCCCC(=O)CCCCCC/C=C/C(C(=O)NC(Cc1ccc(OC2CCN(C)CC2)cc1)C(=O)O)C(O)(CC(=O)O)C(=O)O. The average molecular weight is 689 g/mol. The van der Waals surface area contributed by atoms with Gasteiger partial charge in [-0.05, 0) is 63.3 Å². The first-order valence-electron chi connectivity index (χ1n) is 17.7. The van der Waals surface area contributed by atoms with E-state index in [0.29, 0.717) is 37.0 Å². The molecule has 2 rings (SSSR count). The summed E-state index contributed by atoms with van der Waals surface area (Å²) < 4.78 is 6.04. The highest BCUT2D eigenvalue weighted by atomic mass is 16.5. The van der Waals surface area contributed by atoms with Gasteiger partial charge in [0.2, 0.25) is 5.91 Å². The van der Waals surface area contributed by atoms with Gasteiger partial charge in [0.1, 0.15) is 23.7 Å². The molecule has 0 aromatic heterocycles. The molecule has 3 atom stereocenters. The minimum atomic E-state index is -3.01. The fourth-order valence-corrected chi connectivity index (χ4v) is 5.93. The van der Waals surface area contributed by atoms with Crippen LogP contribution in [0.2, 0.25) is 0 Å². The summed E-state index contributed by atoms with van der Waals surface area (Å²) in [6.07, 6.45) is 13.2. The lowest BCUT2D eigenvalue weighted by Crippen LogP contribution is -2.55. The van der Waals surface area contributed by atoms with Crippen molar-refractivity contribution in [1.82, 2.24) is 10.2 Å². The Morgan fingerprint density at radius 2 is 1.51 bits per heavy atom. The van der Waals surface area contributed by atoms with E-state index in [9.17, 15) is 44.4 Å². The first-order chi connectivity index (χ1) is 23.3. The van der Waals surface area contributed by atoms with Gasteiger partial charge in [-0.1, -0.05) is 69.7 Å². The van der Waals surface area contributed by atoms with E-state index >= 15 is 0 Å². The van der Waals surface area contributed by atoms with Crippen molar-refractivity contribution < 1.29 is 49.1 Å². The highest BCUT2D eigenvalue weighted by molar-refractivity contribution is 5.94. The van der Waals surface area contributed by atoms with Crippen molar-refractivity contribution in [3.63, 3.8) is 0 Å². The third-order valence-corrected chi connectivity index (χ3v) is 9.00. The van der Waals surface area contributed by atoms with E-state index in [4.69, 9.17) is 4.74 Å². The minimum Gasteiger partial charge on any atom is -0.490 e. The van der Waals surface area contributed by atoms with Gasteiger partial charge >= 0.3 is 17.9 Å². The predicted octanol–water partition coefficient (Wildman–Crippen LogP) is 5.00. The van der Waals surface area contributed by atoms with E-state index in [1.54, 1.807) is 24.3 Å². The number of ether oxygens (including phenoxy) is 1. The average Bonchev–Trinajstić information content (AvgIpc) is 3.04. The maximum absolute atomic E-state index is 13.4. The number of Topliss-reactive ketones (excluding diaryl/α,β-unsaturated/α-hetero) is 1. The number of carbonyl (C=O) groups is 5. The number of nitrogens with zero attached hydrogens (tertiary/aromatic N) is 1. The number of ketones is 1. The minimum absolute atomic E-state index is 0.0854. The molecule has 1 aliphatic heterocycles. The second-order valence-electron chi connectivity index (χ2n) is 13.2. The number of carboxylic acid groups (broad SMARTS) is 3. The van der Waals surface area contributed by atoms with Crippen molar-refractivity contribution >= 4 is 29.6 Å². The molecule has 1 saturated heterocycles. The number of aliphatic hydroxyl groups is 1. The van der Waals surface area contributed by atoms with Crippen LogP contribution < -0.4 is 10.1 Å². The normalized spacial score (nSPS) is 16.5. The molecule has 1 aliphatic rings. The van der Waals surface area contributed by atoms with E-state index in [2.05, 4.69) is 24.2 Å². The highest BCUT2D eigenvalue weighted by Crippen LogP contribution is 2.26. The molecule has 12 heteroatoms. The molecule has 0 aliphatic carbocycles. The van der Waals surface area contributed by atoms with E-state index in [1.165, 1.54) is 12.5 Å². The van der Waals surface area contributed by atoms with Gasteiger partial charge in [-0.15, -0.1) is 0 Å². The number of carboxylic acids is 3. The van der Waals surface area contributed by atoms with Crippen LogP contribution in [0.1, 0.15) is 109 Å². The van der Waals surface area contributed by atoms with Crippen molar-refractivity contribution in [3.8, 4) is 5.75 Å². The number of aliphatic carboxylic acids is 3. The van der Waals surface area contributed by atoms with Gasteiger partial charge in [-0.2, -0.15) is 0 Å². The number of amides is 1. The highest BCUT2D eigenvalue weighted by Gasteiger charge is 2.49. The number of rotatable bonds is 25. The summed E-state index contributed by atoms with van der Waals surface area (Å²) in [4.78, 5) is 63.4. The molecule has 1 heterocycles. The molecule has 12 nitrogen and oxygen atoms in total. The lowest BCUT2D eigenvalue weighted by molar-refractivity contribution is -0.172. The summed E-state index contributed by atoms with van der Waals surface area (Å²) in [5, 5.41) is 42.3. The number of carbonyl (C=O) groups excluding carboxylic acids is 2. The van der Waals surface area contributed by atoms with Crippen LogP contribution in [0.15, 0.2) is 36.4 Å². The van der Waals surface area contributed by atoms with Crippen molar-refractivity contribution in [1.29, 1.82) is 0 Å². The molecule has 1 amide bonds. The Hall–Kier alpha value is -3.77. The van der Waals surface area contributed by atoms with E-state index in [1.807, 2.05) is 0 Å². The first-order valence-corrected chi connectivity index (χ1v) is 17.7. The molecule has 274 valence electrons. The number of benzene rings is 1. The zero-order chi connectivity index (χ0) is 36.2. The third-order valence-electron chi connectivity index (χ3n) is 9.00. The Balaban J connectivity index is 1.98. The number of unbranched alkanes of at least 4 members (excludes halogenated alkanes) is 8. The van der Waals surface area contributed by atoms with Crippen molar-refractivity contribution in [2.24, 2.45) is 5.92 Å². The zero-order valence-electron chi connectivity index (χ0n) is 29.1. The fourth-order valence-electron chi connectivity index (χ4n) is 5.93. The topological polar surface area (TPSA) is 191 Å². The molecular formula is C37H56N2O10. The van der Waals surface area contributed by atoms with Gasteiger partial charge in [0.05, 0.1) is 12.3 Å². The summed E-state index contributed by atoms with van der Waals surface area (Å²) in [7, 11) is 2.06. The van der Waals surface area contributed by atoms with Crippen LogP contribution >= 0.6 is 0 Å². The Kier molecular flexibility index (Phi) is 18.6. The molecule has 1 aromatic rings. The molecule has 0 spiro atoms. The molecule has 1 aromatic carbocycles. The summed E-state index contributed by atoms with van der Waals surface area (Å²) in [6, 6.07) is 5.34. The Morgan fingerprint density at radius 1 is 0.918 bits per heavy atom. The lowest BCUT2D eigenvalue weighted by atomic mass is 9.82. The van der Waals surface area contributed by atoms with Gasteiger partial charge in [-0.3, -0.25) is 14.4 Å². The maximum atomic E-state index is 13.4. The first kappa shape index (κ1) is 41.4. The quantitative estimate of drug-likeness (QED) is 0.0686. The van der Waals surface area contributed by atoms with Gasteiger partial charge in [0.25, 0.3) is 0 Å². The number of nitrogens with one attached hydrogen (secondary N) is 1. The molecule has 5 N–H and O–H groups in total. The number of likely N-dealkylation sites (tertiary alicyclic amines) is 1. The van der Waals surface area contributed by atoms with Crippen LogP contribution in [0.4, 0.5) is 0 Å². The monoisotopic (exact) mass is 688 g/mol. The fraction of sp³-hybridized carbons (Fsp3) is 0.649. The largest absolute Gasteiger partial charge is 0.490 e. The van der Waals surface area contributed by atoms with Crippen LogP contribution in [-0.4, -0.2) is 92.8 Å². The van der Waals surface area contributed by atoms with Gasteiger partial charge in [-0.25, -0.2) is 9.59 Å². The third kappa shape index (κ3) is 15.5. The molecular weight excluding hydrogens is 632 g/mol. The number of hydrogen-bond donors (Lipinski definition) is 5. The molecule has 0 saturated carbocycles. The number of allylic oxidation sites excluding steroid dienone is 1. The number of piperidine rings is 1. The van der Waals surface area contributed by atoms with Gasteiger partial charge < -0.3 is 35.4 Å². The lowest BCUT2D eigenvalue weighted by Gasteiger charge is -2.29. The Bertz CT molecular complexity index is 1230.